The Morgan fingerprint density at radius 1 is 1.29 bits per heavy atom. The molecule has 0 saturated carbocycles. The lowest BCUT2D eigenvalue weighted by Crippen LogP contribution is -2.38. The lowest BCUT2D eigenvalue weighted by Gasteiger charge is -2.26. The molecule has 110 valence electrons. The van der Waals surface area contributed by atoms with E-state index in [0.717, 1.165) is 43.6 Å². The van der Waals surface area contributed by atoms with Crippen LogP contribution in [-0.2, 0) is 4.74 Å². The van der Waals surface area contributed by atoms with Crippen molar-refractivity contribution in [2.75, 3.05) is 39.5 Å². The van der Waals surface area contributed by atoms with Gasteiger partial charge in [0.25, 0.3) is 0 Å². The summed E-state index contributed by atoms with van der Waals surface area (Å²) in [6.07, 6.45) is 3.82. The van der Waals surface area contributed by atoms with E-state index < -0.39 is 0 Å². The fraction of sp³-hybridized carbons (Fsp3) is 0.400. The molecule has 0 spiro atoms. The minimum Gasteiger partial charge on any atom is -0.492 e. The molecule has 21 heavy (non-hydrogen) atoms. The summed E-state index contributed by atoms with van der Waals surface area (Å²) in [6, 6.07) is 6.24. The van der Waals surface area contributed by atoms with E-state index in [9.17, 15) is 0 Å². The average molecular weight is 303 g/mol. The van der Waals surface area contributed by atoms with Gasteiger partial charge in [0, 0.05) is 32.0 Å². The van der Waals surface area contributed by atoms with Gasteiger partial charge in [-0.3, -0.25) is 9.30 Å². The first-order valence-electron chi connectivity index (χ1n) is 7.19. The maximum atomic E-state index is 5.88. The van der Waals surface area contributed by atoms with Crippen molar-refractivity contribution in [2.24, 2.45) is 0 Å². The van der Waals surface area contributed by atoms with Gasteiger partial charge in [0.2, 0.25) is 0 Å². The zero-order chi connectivity index (χ0) is 14.1. The topological polar surface area (TPSA) is 39.0 Å². The second-order valence-corrected chi connectivity index (χ2v) is 6.12. The molecule has 0 unspecified atom stereocenters. The zero-order valence-electron chi connectivity index (χ0n) is 11.7. The van der Waals surface area contributed by atoms with Crippen LogP contribution in [0.2, 0.25) is 0 Å². The number of hydrogen-bond acceptors (Lipinski definition) is 5. The van der Waals surface area contributed by atoms with Crippen LogP contribution in [0.3, 0.4) is 0 Å². The van der Waals surface area contributed by atoms with Crippen molar-refractivity contribution in [3.8, 4) is 5.75 Å². The largest absolute Gasteiger partial charge is 0.492 e. The molecule has 0 N–H and O–H groups in total. The number of thiazole rings is 1. The molecular weight excluding hydrogens is 286 g/mol. The van der Waals surface area contributed by atoms with Gasteiger partial charge in [0.1, 0.15) is 12.4 Å². The zero-order valence-corrected chi connectivity index (χ0v) is 12.5. The van der Waals surface area contributed by atoms with Crippen molar-refractivity contribution in [1.82, 2.24) is 14.3 Å². The first-order valence-corrected chi connectivity index (χ1v) is 8.00. The minimum atomic E-state index is 0.716. The predicted molar refractivity (Wildman–Crippen MR) is 83.3 cm³/mol. The molecule has 0 aliphatic carbocycles. The fourth-order valence-corrected chi connectivity index (χ4v) is 3.64. The molecule has 1 aromatic carbocycles. The summed E-state index contributed by atoms with van der Waals surface area (Å²) in [4.78, 5) is 7.73. The molecule has 0 amide bonds. The highest BCUT2D eigenvalue weighted by molar-refractivity contribution is 7.23. The first-order chi connectivity index (χ1) is 10.4. The van der Waals surface area contributed by atoms with Gasteiger partial charge in [-0.2, -0.15) is 0 Å². The molecule has 1 fully saturated rings. The number of hydrogen-bond donors (Lipinski definition) is 0. The van der Waals surface area contributed by atoms with E-state index in [1.165, 1.54) is 10.2 Å². The Balaban J connectivity index is 1.43. The van der Waals surface area contributed by atoms with Crippen LogP contribution in [0.15, 0.2) is 30.6 Å². The molecule has 1 aliphatic heterocycles. The third kappa shape index (κ3) is 2.62. The fourth-order valence-electron chi connectivity index (χ4n) is 2.63. The number of imidazole rings is 1. The van der Waals surface area contributed by atoms with E-state index in [1.807, 2.05) is 18.5 Å². The van der Waals surface area contributed by atoms with Crippen molar-refractivity contribution in [2.45, 2.75) is 0 Å². The monoisotopic (exact) mass is 303 g/mol. The Labute approximate surface area is 126 Å². The van der Waals surface area contributed by atoms with Gasteiger partial charge in [-0.15, -0.1) is 0 Å². The Morgan fingerprint density at radius 2 is 2.19 bits per heavy atom. The highest BCUT2D eigenvalue weighted by Gasteiger charge is 2.10. The van der Waals surface area contributed by atoms with Crippen molar-refractivity contribution >= 4 is 26.5 Å². The predicted octanol–water partition coefficient (Wildman–Crippen LogP) is 2.26. The third-order valence-electron chi connectivity index (χ3n) is 3.78. The second kappa shape index (κ2) is 5.63. The van der Waals surface area contributed by atoms with Crippen molar-refractivity contribution in [1.29, 1.82) is 0 Å². The van der Waals surface area contributed by atoms with Gasteiger partial charge >= 0.3 is 0 Å². The normalized spacial score (nSPS) is 16.8. The number of nitrogens with zero attached hydrogens (tertiary/aromatic N) is 3. The Bertz CT molecular complexity index is 746. The summed E-state index contributed by atoms with van der Waals surface area (Å²) in [5.41, 5.74) is 1.19. The number of morpholine rings is 1. The average Bonchev–Trinajstić information content (AvgIpc) is 3.08. The van der Waals surface area contributed by atoms with E-state index in [0.29, 0.717) is 6.61 Å². The van der Waals surface area contributed by atoms with Crippen LogP contribution in [0.4, 0.5) is 0 Å². The lowest BCUT2D eigenvalue weighted by molar-refractivity contribution is 0.0322. The number of rotatable bonds is 4. The van der Waals surface area contributed by atoms with Crippen molar-refractivity contribution in [3.05, 3.63) is 30.6 Å². The summed E-state index contributed by atoms with van der Waals surface area (Å²) in [7, 11) is 0. The summed E-state index contributed by atoms with van der Waals surface area (Å²) >= 11 is 1.69. The number of ether oxygens (including phenoxy) is 2. The van der Waals surface area contributed by atoms with Crippen LogP contribution in [0.1, 0.15) is 0 Å². The van der Waals surface area contributed by atoms with E-state index in [1.54, 1.807) is 11.3 Å². The summed E-state index contributed by atoms with van der Waals surface area (Å²) < 4.78 is 14.5. The van der Waals surface area contributed by atoms with Gasteiger partial charge in [-0.25, -0.2) is 4.98 Å². The Morgan fingerprint density at radius 3 is 3.10 bits per heavy atom. The van der Waals surface area contributed by atoms with Gasteiger partial charge in [-0.05, 0) is 18.2 Å². The van der Waals surface area contributed by atoms with E-state index >= 15 is 0 Å². The standard InChI is InChI=1S/C15H17N3O2S/c1-2-13-14(21-15-16-3-4-18(13)15)11-12(1)20-10-7-17-5-8-19-9-6-17/h1-4,11H,5-10H2. The summed E-state index contributed by atoms with van der Waals surface area (Å²) in [5, 5.41) is 0. The molecule has 4 rings (SSSR count). The molecule has 3 heterocycles. The third-order valence-corrected chi connectivity index (χ3v) is 4.81. The Kier molecular flexibility index (Phi) is 3.50. The maximum absolute atomic E-state index is 5.88. The van der Waals surface area contributed by atoms with Crippen LogP contribution in [-0.4, -0.2) is 53.7 Å². The molecule has 0 atom stereocenters. The van der Waals surface area contributed by atoms with Gasteiger partial charge in [-0.1, -0.05) is 11.3 Å². The van der Waals surface area contributed by atoms with Crippen LogP contribution < -0.4 is 4.74 Å². The van der Waals surface area contributed by atoms with Gasteiger partial charge < -0.3 is 9.47 Å². The van der Waals surface area contributed by atoms with Gasteiger partial charge in [0.05, 0.1) is 23.4 Å². The van der Waals surface area contributed by atoms with Gasteiger partial charge in [0.15, 0.2) is 4.96 Å². The SMILES string of the molecule is c1cn2c(n1)sc1cc(OCCN3CCOCC3)ccc12. The smallest absolute Gasteiger partial charge is 0.194 e. The number of fused-ring (bicyclic) bond motifs is 3. The summed E-state index contributed by atoms with van der Waals surface area (Å²) in [5.74, 6) is 0.931. The molecule has 1 aliphatic rings. The van der Waals surface area contributed by atoms with Crippen molar-refractivity contribution < 1.29 is 9.47 Å². The van der Waals surface area contributed by atoms with E-state index in [4.69, 9.17) is 9.47 Å². The number of benzene rings is 1. The maximum Gasteiger partial charge on any atom is 0.194 e. The minimum absolute atomic E-state index is 0.716. The van der Waals surface area contributed by atoms with Crippen molar-refractivity contribution in [3.63, 3.8) is 0 Å². The molecule has 6 heteroatoms. The highest BCUT2D eigenvalue weighted by atomic mass is 32.1. The molecule has 2 aromatic heterocycles. The molecule has 1 saturated heterocycles. The van der Waals surface area contributed by atoms with Crippen LogP contribution in [0.5, 0.6) is 5.75 Å². The first kappa shape index (κ1) is 13.1. The van der Waals surface area contributed by atoms with Crippen LogP contribution >= 0.6 is 11.3 Å². The molecular formula is C15H17N3O2S. The quantitative estimate of drug-likeness (QED) is 0.741. The van der Waals surface area contributed by atoms with E-state index in [2.05, 4.69) is 26.4 Å². The second-order valence-electron chi connectivity index (χ2n) is 5.11. The Hall–Kier alpha value is -1.63. The molecule has 3 aromatic rings. The van der Waals surface area contributed by atoms with Crippen LogP contribution in [0, 0.1) is 0 Å². The molecule has 5 nitrogen and oxygen atoms in total. The highest BCUT2D eigenvalue weighted by Crippen LogP contribution is 2.28. The number of aromatic nitrogens is 2. The molecule has 0 bridgehead atoms. The summed E-state index contributed by atoms with van der Waals surface area (Å²) in [6.45, 7) is 5.35. The van der Waals surface area contributed by atoms with E-state index in [-0.39, 0.29) is 0 Å². The molecule has 0 radical (unpaired) electrons. The lowest BCUT2D eigenvalue weighted by atomic mass is 10.3. The van der Waals surface area contributed by atoms with Crippen LogP contribution in [0.25, 0.3) is 15.2 Å².